The van der Waals surface area contributed by atoms with Gasteiger partial charge in [0.1, 0.15) is 6.07 Å². The van der Waals surface area contributed by atoms with Gasteiger partial charge in [-0.1, -0.05) is 11.6 Å². The summed E-state index contributed by atoms with van der Waals surface area (Å²) in [5.74, 6) is 2.36. The Bertz CT molecular complexity index is 597. The predicted molar refractivity (Wildman–Crippen MR) is 69.9 cm³/mol. The van der Waals surface area contributed by atoms with Gasteiger partial charge in [-0.05, 0) is 12.1 Å². The second-order valence-electron chi connectivity index (χ2n) is 4.04. The minimum Gasteiger partial charge on any atom is -0.396 e. The number of nitriles is 1. The van der Waals surface area contributed by atoms with Gasteiger partial charge in [0.25, 0.3) is 0 Å². The third kappa shape index (κ3) is 1.88. The largest absolute Gasteiger partial charge is 0.396 e. The van der Waals surface area contributed by atoms with Crippen LogP contribution in [0.1, 0.15) is 12.0 Å². The standard InChI is InChI=1S/C13H10ClN3O/c1-2-8-5-12(18)17(7-8)11-4-3-10(14)9(6-15)13(11)16/h1,3-4,8H,5,7,16H2. The molecule has 1 aromatic carbocycles. The van der Waals surface area contributed by atoms with Crippen molar-refractivity contribution in [3.8, 4) is 18.4 Å². The maximum Gasteiger partial charge on any atom is 0.228 e. The first-order valence-electron chi connectivity index (χ1n) is 5.33. The summed E-state index contributed by atoms with van der Waals surface area (Å²) in [5, 5.41) is 9.26. The Labute approximate surface area is 110 Å². The van der Waals surface area contributed by atoms with E-state index in [4.69, 9.17) is 29.0 Å². The summed E-state index contributed by atoms with van der Waals surface area (Å²) < 4.78 is 0. The highest BCUT2D eigenvalue weighted by atomic mass is 35.5. The number of benzene rings is 1. The molecule has 90 valence electrons. The van der Waals surface area contributed by atoms with E-state index in [1.54, 1.807) is 12.1 Å². The van der Waals surface area contributed by atoms with Crippen molar-refractivity contribution in [2.24, 2.45) is 5.92 Å². The number of hydrogen-bond acceptors (Lipinski definition) is 3. The van der Waals surface area contributed by atoms with Gasteiger partial charge in [-0.3, -0.25) is 4.79 Å². The van der Waals surface area contributed by atoms with Crippen LogP contribution in [0.4, 0.5) is 11.4 Å². The molecule has 18 heavy (non-hydrogen) atoms. The number of carbonyl (C=O) groups excluding carboxylic acids is 1. The second-order valence-corrected chi connectivity index (χ2v) is 4.45. The van der Waals surface area contributed by atoms with Crippen LogP contribution in [-0.4, -0.2) is 12.5 Å². The van der Waals surface area contributed by atoms with E-state index in [1.165, 1.54) is 4.90 Å². The van der Waals surface area contributed by atoms with Crippen LogP contribution < -0.4 is 10.6 Å². The van der Waals surface area contributed by atoms with Crippen LogP contribution in [0.5, 0.6) is 0 Å². The van der Waals surface area contributed by atoms with E-state index in [0.717, 1.165) is 0 Å². The van der Waals surface area contributed by atoms with Gasteiger partial charge < -0.3 is 10.6 Å². The Morgan fingerprint density at radius 1 is 1.56 bits per heavy atom. The molecule has 1 heterocycles. The Hall–Kier alpha value is -2.17. The molecule has 2 N–H and O–H groups in total. The number of halogens is 1. The molecular formula is C13H10ClN3O. The number of anilines is 2. The lowest BCUT2D eigenvalue weighted by molar-refractivity contribution is -0.117. The third-order valence-electron chi connectivity index (χ3n) is 2.93. The van der Waals surface area contributed by atoms with E-state index < -0.39 is 0 Å². The monoisotopic (exact) mass is 259 g/mol. The molecule has 0 radical (unpaired) electrons. The van der Waals surface area contributed by atoms with E-state index in [0.29, 0.717) is 18.7 Å². The fourth-order valence-electron chi connectivity index (χ4n) is 1.98. The van der Waals surface area contributed by atoms with Gasteiger partial charge in [0, 0.05) is 18.9 Å². The summed E-state index contributed by atoms with van der Waals surface area (Å²) >= 11 is 5.86. The van der Waals surface area contributed by atoms with Gasteiger partial charge in [-0.25, -0.2) is 0 Å². The first-order valence-corrected chi connectivity index (χ1v) is 5.70. The molecule has 1 saturated heterocycles. The van der Waals surface area contributed by atoms with E-state index in [-0.39, 0.29) is 28.1 Å². The van der Waals surface area contributed by atoms with E-state index in [1.807, 2.05) is 6.07 Å². The van der Waals surface area contributed by atoms with Gasteiger partial charge in [0.05, 0.1) is 22.0 Å². The van der Waals surface area contributed by atoms with Gasteiger partial charge >= 0.3 is 0 Å². The van der Waals surface area contributed by atoms with Gasteiger partial charge in [0.2, 0.25) is 5.91 Å². The molecule has 1 aromatic rings. The quantitative estimate of drug-likeness (QED) is 0.617. The summed E-state index contributed by atoms with van der Waals surface area (Å²) in [6.07, 6.45) is 5.63. The first kappa shape index (κ1) is 12.3. The summed E-state index contributed by atoms with van der Waals surface area (Å²) in [7, 11) is 0. The molecule has 1 amide bonds. The number of nitrogens with two attached hydrogens (primary N) is 1. The first-order chi connectivity index (χ1) is 8.58. The van der Waals surface area contributed by atoms with Crippen molar-refractivity contribution in [2.45, 2.75) is 6.42 Å². The molecule has 1 fully saturated rings. The smallest absolute Gasteiger partial charge is 0.228 e. The van der Waals surface area contributed by atoms with Crippen molar-refractivity contribution in [2.75, 3.05) is 17.2 Å². The van der Waals surface area contributed by atoms with Crippen molar-refractivity contribution in [3.05, 3.63) is 22.7 Å². The zero-order valence-electron chi connectivity index (χ0n) is 9.48. The lowest BCUT2D eigenvalue weighted by Gasteiger charge is -2.19. The Balaban J connectivity index is 2.45. The van der Waals surface area contributed by atoms with Crippen molar-refractivity contribution in [3.63, 3.8) is 0 Å². The maximum absolute atomic E-state index is 11.8. The van der Waals surface area contributed by atoms with Crippen molar-refractivity contribution >= 4 is 28.9 Å². The van der Waals surface area contributed by atoms with Crippen LogP contribution in [0.25, 0.3) is 0 Å². The zero-order valence-corrected chi connectivity index (χ0v) is 10.2. The second kappa shape index (κ2) is 4.60. The van der Waals surface area contributed by atoms with E-state index >= 15 is 0 Å². The van der Waals surface area contributed by atoms with Crippen LogP contribution in [0.15, 0.2) is 12.1 Å². The minimum atomic E-state index is -0.113. The SMILES string of the molecule is C#CC1CC(=O)N(c2ccc(Cl)c(C#N)c2N)C1. The van der Waals surface area contributed by atoms with Crippen molar-refractivity contribution in [1.82, 2.24) is 0 Å². The summed E-state index contributed by atoms with van der Waals surface area (Å²) in [5.41, 5.74) is 6.77. The lowest BCUT2D eigenvalue weighted by atomic mass is 10.1. The Kier molecular flexibility index (Phi) is 3.14. The van der Waals surface area contributed by atoms with E-state index in [9.17, 15) is 4.79 Å². The van der Waals surface area contributed by atoms with Crippen LogP contribution in [-0.2, 0) is 4.79 Å². The topological polar surface area (TPSA) is 70.1 Å². The van der Waals surface area contributed by atoms with Gasteiger partial charge in [0.15, 0.2) is 0 Å². The highest BCUT2D eigenvalue weighted by Gasteiger charge is 2.31. The minimum absolute atomic E-state index is 0.0872. The van der Waals surface area contributed by atoms with E-state index in [2.05, 4.69) is 5.92 Å². The predicted octanol–water partition coefficient (Wildman–Crippen LogP) is 1.78. The van der Waals surface area contributed by atoms with Crippen LogP contribution >= 0.6 is 11.6 Å². The number of nitrogen functional groups attached to an aromatic ring is 1. The third-order valence-corrected chi connectivity index (χ3v) is 3.25. The molecule has 0 aliphatic carbocycles. The average Bonchev–Trinajstić information content (AvgIpc) is 2.71. The molecule has 0 bridgehead atoms. The summed E-state index contributed by atoms with van der Waals surface area (Å²) in [6, 6.07) is 5.12. The van der Waals surface area contributed by atoms with Crippen LogP contribution in [0, 0.1) is 29.6 Å². The molecule has 5 heteroatoms. The van der Waals surface area contributed by atoms with Gasteiger partial charge in [-0.2, -0.15) is 5.26 Å². The number of terminal acetylenes is 1. The number of amides is 1. The molecule has 0 spiro atoms. The number of carbonyl (C=O) groups is 1. The molecule has 1 aliphatic heterocycles. The fraction of sp³-hybridized carbons (Fsp3) is 0.231. The molecule has 4 nitrogen and oxygen atoms in total. The molecule has 1 unspecified atom stereocenters. The number of hydrogen-bond donors (Lipinski definition) is 1. The summed E-state index contributed by atoms with van der Waals surface area (Å²) in [6.45, 7) is 0.423. The van der Waals surface area contributed by atoms with Crippen LogP contribution in [0.3, 0.4) is 0 Å². The molecule has 2 rings (SSSR count). The van der Waals surface area contributed by atoms with Crippen LogP contribution in [0.2, 0.25) is 5.02 Å². The normalized spacial score (nSPS) is 18.5. The maximum atomic E-state index is 11.8. The fourth-order valence-corrected chi connectivity index (χ4v) is 2.19. The Morgan fingerprint density at radius 3 is 2.83 bits per heavy atom. The summed E-state index contributed by atoms with van der Waals surface area (Å²) in [4.78, 5) is 13.4. The number of rotatable bonds is 1. The van der Waals surface area contributed by atoms with Crippen molar-refractivity contribution < 1.29 is 4.79 Å². The molecule has 0 aromatic heterocycles. The highest BCUT2D eigenvalue weighted by Crippen LogP contribution is 2.34. The molecule has 1 aliphatic rings. The van der Waals surface area contributed by atoms with Gasteiger partial charge in [-0.15, -0.1) is 12.3 Å². The average molecular weight is 260 g/mol. The van der Waals surface area contributed by atoms with Crippen molar-refractivity contribution in [1.29, 1.82) is 5.26 Å². The number of nitrogens with zero attached hydrogens (tertiary/aromatic N) is 2. The zero-order chi connectivity index (χ0) is 13.3. The molecule has 1 atom stereocenters. The molecule has 0 saturated carbocycles. The lowest BCUT2D eigenvalue weighted by Crippen LogP contribution is -2.25. The highest BCUT2D eigenvalue weighted by molar-refractivity contribution is 6.32. The Morgan fingerprint density at radius 2 is 2.28 bits per heavy atom. The molecular weight excluding hydrogens is 250 g/mol.